The summed E-state index contributed by atoms with van der Waals surface area (Å²) >= 11 is 6.09. The molecule has 4 heteroatoms. The number of benzene rings is 1. The summed E-state index contributed by atoms with van der Waals surface area (Å²) < 4.78 is 19.1. The van der Waals surface area contributed by atoms with Gasteiger partial charge >= 0.3 is 0 Å². The number of rotatable bonds is 7. The lowest BCUT2D eigenvalue weighted by Crippen LogP contribution is -2.50. The molecule has 1 rings (SSSR count). The zero-order chi connectivity index (χ0) is 14.5. The normalized spacial score (nSPS) is 13.6. The molecule has 0 aliphatic rings. The Morgan fingerprint density at radius 3 is 2.47 bits per heavy atom. The maximum atomic E-state index is 13.3. The molecule has 0 heterocycles. The van der Waals surface area contributed by atoms with E-state index in [1.54, 1.807) is 6.07 Å². The Morgan fingerprint density at radius 1 is 1.32 bits per heavy atom. The van der Waals surface area contributed by atoms with Gasteiger partial charge in [-0.15, -0.1) is 0 Å². The summed E-state index contributed by atoms with van der Waals surface area (Å²) in [5.74, 6) is -0.290. The average molecular weight is 288 g/mol. The highest BCUT2D eigenvalue weighted by molar-refractivity contribution is 6.31. The smallest absolute Gasteiger partial charge is 0.123 e. The molecule has 0 aliphatic carbocycles. The second-order valence-electron chi connectivity index (χ2n) is 4.75. The Balaban J connectivity index is 2.92. The van der Waals surface area contributed by atoms with Crippen molar-refractivity contribution in [2.24, 2.45) is 5.73 Å². The molecule has 0 aromatic heterocycles. The van der Waals surface area contributed by atoms with E-state index in [0.717, 1.165) is 18.4 Å². The summed E-state index contributed by atoms with van der Waals surface area (Å²) in [7, 11) is 0. The second-order valence-corrected chi connectivity index (χ2v) is 5.16. The van der Waals surface area contributed by atoms with Gasteiger partial charge < -0.3 is 10.5 Å². The summed E-state index contributed by atoms with van der Waals surface area (Å²) in [4.78, 5) is 0. The van der Waals surface area contributed by atoms with E-state index < -0.39 is 0 Å². The highest BCUT2D eigenvalue weighted by Gasteiger charge is 2.34. The molecule has 0 radical (unpaired) electrons. The first-order valence-corrected chi connectivity index (χ1v) is 7.20. The van der Waals surface area contributed by atoms with Crippen molar-refractivity contribution in [1.82, 2.24) is 0 Å². The van der Waals surface area contributed by atoms with Crippen molar-refractivity contribution in [3.63, 3.8) is 0 Å². The summed E-state index contributed by atoms with van der Waals surface area (Å²) in [6, 6.07) is 4.16. The third kappa shape index (κ3) is 3.91. The first-order chi connectivity index (χ1) is 8.99. The molecule has 0 spiro atoms. The van der Waals surface area contributed by atoms with Gasteiger partial charge in [0.15, 0.2) is 0 Å². The van der Waals surface area contributed by atoms with E-state index in [2.05, 4.69) is 13.8 Å². The predicted octanol–water partition coefficient (Wildman–Crippen LogP) is 3.94. The van der Waals surface area contributed by atoms with Crippen LogP contribution in [0.25, 0.3) is 0 Å². The predicted molar refractivity (Wildman–Crippen MR) is 78.0 cm³/mol. The maximum absolute atomic E-state index is 13.3. The average Bonchev–Trinajstić information content (AvgIpc) is 2.40. The summed E-state index contributed by atoms with van der Waals surface area (Å²) in [6.07, 6.45) is 2.16. The molecule has 1 atom stereocenters. The van der Waals surface area contributed by atoms with Gasteiger partial charge in [-0.2, -0.15) is 0 Å². The van der Waals surface area contributed by atoms with E-state index in [-0.39, 0.29) is 17.5 Å². The number of hydrogen-bond acceptors (Lipinski definition) is 2. The van der Waals surface area contributed by atoms with E-state index in [9.17, 15) is 4.39 Å². The summed E-state index contributed by atoms with van der Waals surface area (Å²) in [5.41, 5.74) is 6.67. The van der Waals surface area contributed by atoms with E-state index in [4.69, 9.17) is 22.1 Å². The monoisotopic (exact) mass is 287 g/mol. The van der Waals surface area contributed by atoms with Gasteiger partial charge in [0, 0.05) is 17.7 Å². The van der Waals surface area contributed by atoms with Crippen LogP contribution in [0.3, 0.4) is 0 Å². The minimum Gasteiger partial charge on any atom is -0.374 e. The maximum Gasteiger partial charge on any atom is 0.123 e. The first-order valence-electron chi connectivity index (χ1n) is 6.82. The van der Waals surface area contributed by atoms with Crippen molar-refractivity contribution < 1.29 is 9.13 Å². The van der Waals surface area contributed by atoms with Crippen molar-refractivity contribution in [3.05, 3.63) is 34.6 Å². The van der Waals surface area contributed by atoms with Crippen LogP contribution in [-0.2, 0) is 11.2 Å². The Hall–Kier alpha value is -0.640. The van der Waals surface area contributed by atoms with E-state index in [0.29, 0.717) is 18.1 Å². The van der Waals surface area contributed by atoms with Crippen molar-refractivity contribution >= 4 is 11.6 Å². The van der Waals surface area contributed by atoms with Crippen LogP contribution in [0.5, 0.6) is 0 Å². The first kappa shape index (κ1) is 16.4. The van der Waals surface area contributed by atoms with E-state index in [1.807, 2.05) is 6.92 Å². The van der Waals surface area contributed by atoms with Gasteiger partial charge in [-0.05, 0) is 49.9 Å². The van der Waals surface area contributed by atoms with E-state index in [1.165, 1.54) is 12.1 Å². The Kier molecular flexibility index (Phi) is 6.24. The molecule has 19 heavy (non-hydrogen) atoms. The number of halogens is 2. The van der Waals surface area contributed by atoms with Crippen molar-refractivity contribution in [1.29, 1.82) is 0 Å². The van der Waals surface area contributed by atoms with Crippen LogP contribution >= 0.6 is 11.6 Å². The molecule has 0 fully saturated rings. The lowest BCUT2D eigenvalue weighted by molar-refractivity contribution is -0.0633. The highest BCUT2D eigenvalue weighted by Crippen LogP contribution is 2.28. The van der Waals surface area contributed by atoms with Crippen molar-refractivity contribution in [2.75, 3.05) is 6.61 Å². The van der Waals surface area contributed by atoms with Crippen LogP contribution in [0.4, 0.5) is 4.39 Å². The molecule has 1 aromatic rings. The zero-order valence-electron chi connectivity index (χ0n) is 11.9. The van der Waals surface area contributed by atoms with Gasteiger partial charge in [0.1, 0.15) is 5.82 Å². The van der Waals surface area contributed by atoms with Gasteiger partial charge in [0.25, 0.3) is 0 Å². The van der Waals surface area contributed by atoms with Crippen LogP contribution in [-0.4, -0.2) is 18.2 Å². The molecule has 0 saturated carbocycles. The minimum absolute atomic E-state index is 0.207. The number of nitrogens with two attached hydrogens (primary N) is 1. The molecule has 0 aliphatic heterocycles. The Bertz CT molecular complexity index is 407. The fourth-order valence-electron chi connectivity index (χ4n) is 2.50. The van der Waals surface area contributed by atoms with Gasteiger partial charge in [0.2, 0.25) is 0 Å². The fraction of sp³-hybridized carbons (Fsp3) is 0.600. The molecule has 0 saturated heterocycles. The number of ether oxygens (including phenoxy) is 1. The second kappa shape index (κ2) is 7.22. The molecule has 108 valence electrons. The van der Waals surface area contributed by atoms with Crippen molar-refractivity contribution in [3.8, 4) is 0 Å². The highest BCUT2D eigenvalue weighted by atomic mass is 35.5. The van der Waals surface area contributed by atoms with Crippen LogP contribution < -0.4 is 5.73 Å². The van der Waals surface area contributed by atoms with Crippen LogP contribution in [0.15, 0.2) is 18.2 Å². The fourth-order valence-corrected chi connectivity index (χ4v) is 2.69. The van der Waals surface area contributed by atoms with Crippen LogP contribution in [0, 0.1) is 5.82 Å². The van der Waals surface area contributed by atoms with Gasteiger partial charge in [-0.25, -0.2) is 4.39 Å². The summed E-state index contributed by atoms with van der Waals surface area (Å²) in [6.45, 7) is 6.70. The van der Waals surface area contributed by atoms with Crippen molar-refractivity contribution in [2.45, 2.75) is 51.7 Å². The zero-order valence-corrected chi connectivity index (χ0v) is 12.6. The standard InChI is InChI=1S/C15H23ClFNO/c1-4-15(5-2,19-6-3)14(18)10-11-9-12(17)7-8-13(11)16/h7-9,14H,4-6,10,18H2,1-3H3. The van der Waals surface area contributed by atoms with Crippen LogP contribution in [0.2, 0.25) is 5.02 Å². The molecular weight excluding hydrogens is 265 g/mol. The molecular formula is C15H23ClFNO. The largest absolute Gasteiger partial charge is 0.374 e. The third-order valence-corrected chi connectivity index (χ3v) is 4.12. The van der Waals surface area contributed by atoms with E-state index >= 15 is 0 Å². The molecule has 0 amide bonds. The Morgan fingerprint density at radius 2 is 1.95 bits per heavy atom. The molecule has 2 N–H and O–H groups in total. The van der Waals surface area contributed by atoms with Gasteiger partial charge in [0.05, 0.1) is 5.60 Å². The lowest BCUT2D eigenvalue weighted by atomic mass is 9.85. The summed E-state index contributed by atoms with van der Waals surface area (Å²) in [5, 5.41) is 0.550. The quantitative estimate of drug-likeness (QED) is 0.824. The topological polar surface area (TPSA) is 35.2 Å². The number of hydrogen-bond donors (Lipinski definition) is 1. The minimum atomic E-state index is -0.371. The van der Waals surface area contributed by atoms with Crippen LogP contribution in [0.1, 0.15) is 39.2 Å². The van der Waals surface area contributed by atoms with Gasteiger partial charge in [-0.1, -0.05) is 25.4 Å². The lowest BCUT2D eigenvalue weighted by Gasteiger charge is -2.37. The molecule has 2 nitrogen and oxygen atoms in total. The Labute approximate surface area is 120 Å². The molecule has 1 aromatic carbocycles. The molecule has 0 bridgehead atoms. The SMILES string of the molecule is CCOC(CC)(CC)C(N)Cc1cc(F)ccc1Cl. The van der Waals surface area contributed by atoms with Gasteiger partial charge in [-0.3, -0.25) is 0 Å². The molecule has 1 unspecified atom stereocenters. The third-order valence-electron chi connectivity index (χ3n) is 3.75.